The van der Waals surface area contributed by atoms with Gasteiger partial charge in [-0.05, 0) is 6.42 Å². The minimum Gasteiger partial charge on any atom is -0.252 e. The van der Waals surface area contributed by atoms with E-state index in [4.69, 9.17) is 0 Å². The van der Waals surface area contributed by atoms with Gasteiger partial charge in [-0.15, -0.1) is 5.10 Å². The van der Waals surface area contributed by atoms with Gasteiger partial charge < -0.3 is 0 Å². The normalized spacial score (nSPS) is 12.7. The zero-order chi connectivity index (χ0) is 11.5. The van der Waals surface area contributed by atoms with Crippen LogP contribution in [-0.4, -0.2) is 15.0 Å². The van der Waals surface area contributed by atoms with Gasteiger partial charge in [0.1, 0.15) is 5.69 Å². The number of hydrogen-bond donors (Lipinski definition) is 0. The van der Waals surface area contributed by atoms with Gasteiger partial charge in [0, 0.05) is 18.5 Å². The molecule has 2 rings (SSSR count). The van der Waals surface area contributed by atoms with Gasteiger partial charge in [0.15, 0.2) is 0 Å². The molecule has 0 fully saturated rings. The second-order valence-electron chi connectivity index (χ2n) is 4.12. The summed E-state index contributed by atoms with van der Waals surface area (Å²) in [4.78, 5) is 0. The van der Waals surface area contributed by atoms with Crippen molar-refractivity contribution in [1.29, 1.82) is 0 Å². The molecule has 1 aromatic heterocycles. The van der Waals surface area contributed by atoms with E-state index in [1.807, 2.05) is 29.9 Å². The molecule has 3 heteroatoms. The highest BCUT2D eigenvalue weighted by molar-refractivity contribution is 5.61. The van der Waals surface area contributed by atoms with Crippen molar-refractivity contribution in [2.75, 3.05) is 0 Å². The van der Waals surface area contributed by atoms with Crippen LogP contribution in [0, 0.1) is 0 Å². The van der Waals surface area contributed by atoms with Crippen molar-refractivity contribution in [2.24, 2.45) is 7.05 Å². The lowest BCUT2D eigenvalue weighted by Gasteiger charge is -2.10. The summed E-state index contributed by atoms with van der Waals surface area (Å²) < 4.78 is 1.89. The Morgan fingerprint density at radius 2 is 1.94 bits per heavy atom. The summed E-state index contributed by atoms with van der Waals surface area (Å²) >= 11 is 0. The molecule has 16 heavy (non-hydrogen) atoms. The predicted molar refractivity (Wildman–Crippen MR) is 65.1 cm³/mol. The number of aromatic nitrogens is 3. The van der Waals surface area contributed by atoms with Gasteiger partial charge in [0.05, 0.1) is 5.69 Å². The fourth-order valence-corrected chi connectivity index (χ4v) is 1.91. The average Bonchev–Trinajstić information content (AvgIpc) is 2.71. The van der Waals surface area contributed by atoms with Crippen molar-refractivity contribution in [3.8, 4) is 11.3 Å². The van der Waals surface area contributed by atoms with Crippen molar-refractivity contribution in [3.05, 3.63) is 36.0 Å². The summed E-state index contributed by atoms with van der Waals surface area (Å²) in [5.74, 6) is 0.482. The highest BCUT2D eigenvalue weighted by Gasteiger charge is 2.16. The largest absolute Gasteiger partial charge is 0.252 e. The van der Waals surface area contributed by atoms with Gasteiger partial charge in [0.25, 0.3) is 0 Å². The molecule has 0 spiro atoms. The SMILES string of the molecule is CCC(C)c1c(-c2ccccc2)nnn1C. The van der Waals surface area contributed by atoms with E-state index in [-0.39, 0.29) is 0 Å². The fraction of sp³-hybridized carbons (Fsp3) is 0.385. The van der Waals surface area contributed by atoms with Gasteiger partial charge in [-0.2, -0.15) is 0 Å². The molecule has 1 heterocycles. The molecule has 0 saturated heterocycles. The Kier molecular flexibility index (Phi) is 3.04. The number of hydrogen-bond acceptors (Lipinski definition) is 2. The van der Waals surface area contributed by atoms with Crippen LogP contribution in [0.25, 0.3) is 11.3 Å². The number of nitrogens with zero attached hydrogens (tertiary/aromatic N) is 3. The van der Waals surface area contributed by atoms with Crippen LogP contribution < -0.4 is 0 Å². The van der Waals surface area contributed by atoms with Crippen LogP contribution in [0.5, 0.6) is 0 Å². The zero-order valence-electron chi connectivity index (χ0n) is 10.0. The van der Waals surface area contributed by atoms with Crippen molar-refractivity contribution in [2.45, 2.75) is 26.2 Å². The van der Waals surface area contributed by atoms with E-state index in [2.05, 4.69) is 36.3 Å². The zero-order valence-corrected chi connectivity index (χ0v) is 10.0. The van der Waals surface area contributed by atoms with Crippen LogP contribution in [0.1, 0.15) is 31.9 Å². The van der Waals surface area contributed by atoms with Crippen LogP contribution in [0.3, 0.4) is 0 Å². The van der Waals surface area contributed by atoms with Crippen LogP contribution in [0.15, 0.2) is 30.3 Å². The molecule has 0 bridgehead atoms. The Hall–Kier alpha value is -1.64. The fourth-order valence-electron chi connectivity index (χ4n) is 1.91. The molecule has 0 aliphatic rings. The summed E-state index contributed by atoms with van der Waals surface area (Å²) in [6, 6.07) is 10.2. The van der Waals surface area contributed by atoms with Crippen molar-refractivity contribution < 1.29 is 0 Å². The first-order valence-corrected chi connectivity index (χ1v) is 5.69. The molecule has 1 atom stereocenters. The third kappa shape index (κ3) is 1.85. The lowest BCUT2D eigenvalue weighted by molar-refractivity contribution is 0.614. The molecule has 2 aromatic rings. The second kappa shape index (κ2) is 4.47. The highest BCUT2D eigenvalue weighted by atomic mass is 15.4. The van der Waals surface area contributed by atoms with E-state index in [1.54, 1.807) is 0 Å². The van der Waals surface area contributed by atoms with Gasteiger partial charge in [-0.25, -0.2) is 0 Å². The topological polar surface area (TPSA) is 30.7 Å². The second-order valence-corrected chi connectivity index (χ2v) is 4.12. The Bertz CT molecular complexity index is 459. The van der Waals surface area contributed by atoms with Gasteiger partial charge in [0.2, 0.25) is 0 Å². The van der Waals surface area contributed by atoms with Crippen LogP contribution in [0.2, 0.25) is 0 Å². The molecule has 0 aliphatic heterocycles. The van der Waals surface area contributed by atoms with Crippen molar-refractivity contribution >= 4 is 0 Å². The average molecular weight is 215 g/mol. The van der Waals surface area contributed by atoms with E-state index in [0.717, 1.165) is 17.7 Å². The summed E-state index contributed by atoms with van der Waals surface area (Å²) in [5, 5.41) is 8.40. The Morgan fingerprint density at radius 1 is 1.25 bits per heavy atom. The number of aryl methyl sites for hydroxylation is 1. The minimum atomic E-state index is 0.482. The molecule has 84 valence electrons. The first-order chi connectivity index (χ1) is 7.74. The quantitative estimate of drug-likeness (QED) is 0.788. The lowest BCUT2D eigenvalue weighted by atomic mass is 9.99. The Morgan fingerprint density at radius 3 is 2.56 bits per heavy atom. The van der Waals surface area contributed by atoms with Gasteiger partial charge in [-0.3, -0.25) is 4.68 Å². The summed E-state index contributed by atoms with van der Waals surface area (Å²) in [6.07, 6.45) is 1.10. The minimum absolute atomic E-state index is 0.482. The van der Waals surface area contributed by atoms with Crippen LogP contribution in [-0.2, 0) is 7.05 Å². The molecule has 3 nitrogen and oxygen atoms in total. The maximum atomic E-state index is 4.27. The standard InChI is InChI=1S/C13H17N3/c1-4-10(2)13-12(14-15-16(13)3)11-8-6-5-7-9-11/h5-10H,4H2,1-3H3. The first-order valence-electron chi connectivity index (χ1n) is 5.69. The predicted octanol–water partition coefficient (Wildman–Crippen LogP) is 3.00. The first kappa shape index (κ1) is 10.9. The third-order valence-corrected chi connectivity index (χ3v) is 3.00. The van der Waals surface area contributed by atoms with Crippen LogP contribution >= 0.6 is 0 Å². The summed E-state index contributed by atoms with van der Waals surface area (Å²) in [7, 11) is 1.96. The Balaban J connectivity index is 2.50. The summed E-state index contributed by atoms with van der Waals surface area (Å²) in [5.41, 5.74) is 3.37. The van der Waals surface area contributed by atoms with Crippen molar-refractivity contribution in [3.63, 3.8) is 0 Å². The lowest BCUT2D eigenvalue weighted by Crippen LogP contribution is -2.03. The Labute approximate surface area is 96.1 Å². The maximum absolute atomic E-state index is 4.27. The van der Waals surface area contributed by atoms with Crippen LogP contribution in [0.4, 0.5) is 0 Å². The molecule has 0 aliphatic carbocycles. The van der Waals surface area contributed by atoms with Gasteiger partial charge >= 0.3 is 0 Å². The molecular formula is C13H17N3. The molecule has 0 radical (unpaired) electrons. The summed E-state index contributed by atoms with van der Waals surface area (Å²) in [6.45, 7) is 4.40. The van der Waals surface area contributed by atoms with E-state index in [9.17, 15) is 0 Å². The molecule has 0 amide bonds. The molecule has 0 saturated carbocycles. The smallest absolute Gasteiger partial charge is 0.116 e. The number of benzene rings is 1. The molecular weight excluding hydrogens is 198 g/mol. The van der Waals surface area contributed by atoms with E-state index >= 15 is 0 Å². The van der Waals surface area contributed by atoms with Crippen molar-refractivity contribution in [1.82, 2.24) is 15.0 Å². The van der Waals surface area contributed by atoms with E-state index in [0.29, 0.717) is 5.92 Å². The third-order valence-electron chi connectivity index (χ3n) is 3.00. The molecule has 1 unspecified atom stereocenters. The number of rotatable bonds is 3. The highest BCUT2D eigenvalue weighted by Crippen LogP contribution is 2.28. The van der Waals surface area contributed by atoms with E-state index in [1.165, 1.54) is 5.69 Å². The van der Waals surface area contributed by atoms with Gasteiger partial charge in [-0.1, -0.05) is 49.4 Å². The molecule has 0 N–H and O–H groups in total. The van der Waals surface area contributed by atoms with E-state index < -0.39 is 0 Å². The monoisotopic (exact) mass is 215 g/mol. The molecule has 1 aromatic carbocycles. The maximum Gasteiger partial charge on any atom is 0.116 e.